The van der Waals surface area contributed by atoms with E-state index in [0.29, 0.717) is 5.56 Å². The molecule has 126 valence electrons. The van der Waals surface area contributed by atoms with Crippen molar-refractivity contribution in [3.8, 4) is 0 Å². The summed E-state index contributed by atoms with van der Waals surface area (Å²) in [5.41, 5.74) is 2.40. The van der Waals surface area contributed by atoms with Crippen molar-refractivity contribution in [1.82, 2.24) is 5.32 Å². The molecular formula is C20H22NO3-. The maximum Gasteiger partial charge on any atom is 0.251 e. The highest BCUT2D eigenvalue weighted by molar-refractivity contribution is 5.94. The number of hydrogen-bond donors (Lipinski definition) is 1. The predicted molar refractivity (Wildman–Crippen MR) is 91.4 cm³/mol. The molecule has 2 aromatic rings. The first-order valence-corrected chi connectivity index (χ1v) is 7.93. The zero-order valence-electron chi connectivity index (χ0n) is 14.2. The molecule has 1 N–H and O–H groups in total. The van der Waals surface area contributed by atoms with Crippen LogP contribution in [0.1, 0.15) is 54.7 Å². The summed E-state index contributed by atoms with van der Waals surface area (Å²) in [6.45, 7) is 6.33. The maximum atomic E-state index is 12.3. The van der Waals surface area contributed by atoms with Crippen LogP contribution in [0.2, 0.25) is 0 Å². The van der Waals surface area contributed by atoms with E-state index in [0.717, 1.165) is 11.1 Å². The highest BCUT2D eigenvalue weighted by Gasteiger charge is 2.18. The van der Waals surface area contributed by atoms with E-state index < -0.39 is 12.0 Å². The van der Waals surface area contributed by atoms with E-state index in [2.05, 4.69) is 26.1 Å². The molecular weight excluding hydrogens is 302 g/mol. The summed E-state index contributed by atoms with van der Waals surface area (Å²) in [6, 6.07) is 15.7. The van der Waals surface area contributed by atoms with Crippen molar-refractivity contribution in [1.29, 1.82) is 0 Å². The Balaban J connectivity index is 2.22. The van der Waals surface area contributed by atoms with Gasteiger partial charge in [-0.05, 0) is 28.7 Å². The lowest BCUT2D eigenvalue weighted by molar-refractivity contribution is -0.306. The lowest BCUT2D eigenvalue weighted by Gasteiger charge is -2.23. The molecule has 4 nitrogen and oxygen atoms in total. The Kier molecular flexibility index (Phi) is 5.39. The Bertz CT molecular complexity index is 700. The summed E-state index contributed by atoms with van der Waals surface area (Å²) < 4.78 is 0. The molecule has 1 atom stereocenters. The van der Waals surface area contributed by atoms with Gasteiger partial charge in [0.15, 0.2) is 0 Å². The fourth-order valence-corrected chi connectivity index (χ4v) is 2.47. The second-order valence-corrected chi connectivity index (χ2v) is 6.84. The molecule has 4 heteroatoms. The average molecular weight is 324 g/mol. The van der Waals surface area contributed by atoms with E-state index in [4.69, 9.17) is 0 Å². The molecule has 0 unspecified atom stereocenters. The molecule has 0 aliphatic rings. The largest absolute Gasteiger partial charge is 0.550 e. The van der Waals surface area contributed by atoms with Crippen molar-refractivity contribution in [2.75, 3.05) is 0 Å². The lowest BCUT2D eigenvalue weighted by Crippen LogP contribution is -2.34. The SMILES string of the molecule is CC(C)(C)c1ccc([C@@H](CC(=O)[O-])NC(=O)c2ccccc2)cc1. The van der Waals surface area contributed by atoms with Crippen molar-refractivity contribution in [2.24, 2.45) is 0 Å². The molecule has 0 fully saturated rings. The molecule has 0 aliphatic heterocycles. The van der Waals surface area contributed by atoms with Crippen LogP contribution >= 0.6 is 0 Å². The number of carbonyl (C=O) groups is 2. The summed E-state index contributed by atoms with van der Waals surface area (Å²) in [5.74, 6) is -1.50. The number of benzene rings is 2. The molecule has 0 heterocycles. The topological polar surface area (TPSA) is 69.2 Å². The zero-order chi connectivity index (χ0) is 17.7. The number of aliphatic carboxylic acids is 1. The Hall–Kier alpha value is -2.62. The van der Waals surface area contributed by atoms with E-state index in [9.17, 15) is 14.7 Å². The van der Waals surface area contributed by atoms with Gasteiger partial charge in [-0.15, -0.1) is 0 Å². The summed E-state index contributed by atoms with van der Waals surface area (Å²) in [5, 5.41) is 13.8. The minimum absolute atomic E-state index is 0.00959. The van der Waals surface area contributed by atoms with Crippen LogP contribution in [-0.2, 0) is 10.2 Å². The van der Waals surface area contributed by atoms with Crippen LogP contribution in [0.4, 0.5) is 0 Å². The Morgan fingerprint density at radius 3 is 2.08 bits per heavy atom. The van der Waals surface area contributed by atoms with Gasteiger partial charge in [0, 0.05) is 18.0 Å². The zero-order valence-corrected chi connectivity index (χ0v) is 14.2. The van der Waals surface area contributed by atoms with Gasteiger partial charge in [0.05, 0.1) is 6.04 Å². The highest BCUT2D eigenvalue weighted by atomic mass is 16.4. The van der Waals surface area contributed by atoms with Gasteiger partial charge in [0.25, 0.3) is 5.91 Å². The number of amides is 1. The number of nitrogens with one attached hydrogen (secondary N) is 1. The first kappa shape index (κ1) is 17.7. The minimum atomic E-state index is -1.20. The van der Waals surface area contributed by atoms with Crippen LogP contribution in [0.15, 0.2) is 54.6 Å². The molecule has 0 aromatic heterocycles. The second-order valence-electron chi connectivity index (χ2n) is 6.84. The molecule has 0 radical (unpaired) electrons. The summed E-state index contributed by atoms with van der Waals surface area (Å²) in [7, 11) is 0. The van der Waals surface area contributed by atoms with E-state index in [1.807, 2.05) is 30.3 Å². The first-order chi connectivity index (χ1) is 11.3. The summed E-state index contributed by atoms with van der Waals surface area (Å²) >= 11 is 0. The van der Waals surface area contributed by atoms with Crippen molar-refractivity contribution < 1.29 is 14.7 Å². The van der Waals surface area contributed by atoms with Crippen molar-refractivity contribution in [3.63, 3.8) is 0 Å². The van der Waals surface area contributed by atoms with Crippen molar-refractivity contribution >= 4 is 11.9 Å². The molecule has 0 spiro atoms. The van der Waals surface area contributed by atoms with Crippen LogP contribution in [0.3, 0.4) is 0 Å². The van der Waals surface area contributed by atoms with Gasteiger partial charge in [-0.1, -0.05) is 63.2 Å². The van der Waals surface area contributed by atoms with E-state index in [-0.39, 0.29) is 17.7 Å². The predicted octanol–water partition coefficient (Wildman–Crippen LogP) is 2.60. The lowest BCUT2D eigenvalue weighted by atomic mass is 9.86. The second kappa shape index (κ2) is 7.30. The molecule has 0 saturated heterocycles. The fourth-order valence-electron chi connectivity index (χ4n) is 2.47. The third-order valence-electron chi connectivity index (χ3n) is 3.89. The van der Waals surface area contributed by atoms with Gasteiger partial charge >= 0.3 is 0 Å². The van der Waals surface area contributed by atoms with Gasteiger partial charge < -0.3 is 15.2 Å². The molecule has 2 aromatic carbocycles. The van der Waals surface area contributed by atoms with Crippen LogP contribution in [0, 0.1) is 0 Å². The van der Waals surface area contributed by atoms with Gasteiger partial charge in [-0.2, -0.15) is 0 Å². The van der Waals surface area contributed by atoms with Gasteiger partial charge in [-0.3, -0.25) is 4.79 Å². The van der Waals surface area contributed by atoms with E-state index in [1.54, 1.807) is 24.3 Å². The van der Waals surface area contributed by atoms with Crippen molar-refractivity contribution in [2.45, 2.75) is 38.6 Å². The molecule has 2 rings (SSSR count). The number of carboxylic acids is 1. The Labute approximate surface area is 142 Å². The standard InChI is InChI=1S/C20H23NO3/c1-20(2,3)16-11-9-14(10-12-16)17(13-18(22)23)21-19(24)15-7-5-4-6-8-15/h4-12,17H,13H2,1-3H3,(H,21,24)(H,22,23)/p-1/t17-/m1/s1. The monoisotopic (exact) mass is 324 g/mol. The summed E-state index contributed by atoms with van der Waals surface area (Å²) in [4.78, 5) is 23.4. The third kappa shape index (κ3) is 4.69. The van der Waals surface area contributed by atoms with Gasteiger partial charge in [0.2, 0.25) is 0 Å². The molecule has 24 heavy (non-hydrogen) atoms. The van der Waals surface area contributed by atoms with E-state index in [1.165, 1.54) is 0 Å². The number of hydrogen-bond acceptors (Lipinski definition) is 3. The van der Waals surface area contributed by atoms with Crippen LogP contribution in [0.25, 0.3) is 0 Å². The van der Waals surface area contributed by atoms with Crippen LogP contribution in [0.5, 0.6) is 0 Å². The Morgan fingerprint density at radius 1 is 1.00 bits per heavy atom. The average Bonchev–Trinajstić information content (AvgIpc) is 2.54. The molecule has 0 aliphatic carbocycles. The maximum absolute atomic E-state index is 12.3. The first-order valence-electron chi connectivity index (χ1n) is 7.93. The van der Waals surface area contributed by atoms with E-state index >= 15 is 0 Å². The summed E-state index contributed by atoms with van der Waals surface area (Å²) in [6.07, 6.45) is -0.270. The highest BCUT2D eigenvalue weighted by Crippen LogP contribution is 2.25. The quantitative estimate of drug-likeness (QED) is 0.919. The normalized spacial score (nSPS) is 12.5. The van der Waals surface area contributed by atoms with Crippen molar-refractivity contribution in [3.05, 3.63) is 71.3 Å². The van der Waals surface area contributed by atoms with Crippen LogP contribution in [-0.4, -0.2) is 11.9 Å². The minimum Gasteiger partial charge on any atom is -0.550 e. The smallest absolute Gasteiger partial charge is 0.251 e. The third-order valence-corrected chi connectivity index (χ3v) is 3.89. The van der Waals surface area contributed by atoms with Crippen LogP contribution < -0.4 is 10.4 Å². The number of carboxylic acid groups (broad SMARTS) is 1. The van der Waals surface area contributed by atoms with Gasteiger partial charge in [0.1, 0.15) is 0 Å². The molecule has 1 amide bonds. The fraction of sp³-hybridized carbons (Fsp3) is 0.300. The number of rotatable bonds is 5. The molecule has 0 saturated carbocycles. The van der Waals surface area contributed by atoms with Gasteiger partial charge in [-0.25, -0.2) is 0 Å². The number of carbonyl (C=O) groups excluding carboxylic acids is 2. The molecule has 0 bridgehead atoms. The Morgan fingerprint density at radius 2 is 1.58 bits per heavy atom.